The molecule has 1 aliphatic carbocycles. The summed E-state index contributed by atoms with van der Waals surface area (Å²) in [4.78, 5) is 2.47. The van der Waals surface area contributed by atoms with Gasteiger partial charge in [0.2, 0.25) is 0 Å². The molecule has 0 radical (unpaired) electrons. The molecule has 1 fully saturated rings. The van der Waals surface area contributed by atoms with Crippen molar-refractivity contribution in [1.82, 2.24) is 10.2 Å². The van der Waals surface area contributed by atoms with Crippen LogP contribution in [0.15, 0.2) is 12.7 Å². The second kappa shape index (κ2) is 5.52. The summed E-state index contributed by atoms with van der Waals surface area (Å²) in [5.41, 5.74) is 0. The molecular formula is C12H24N2. The molecule has 0 aliphatic heterocycles. The molecule has 1 saturated carbocycles. The average Bonchev–Trinajstić information content (AvgIpc) is 2.93. The minimum Gasteiger partial charge on any atom is -0.312 e. The summed E-state index contributed by atoms with van der Waals surface area (Å²) in [6.45, 7) is 12.7. The third-order valence-corrected chi connectivity index (χ3v) is 2.85. The second-order valence-electron chi connectivity index (χ2n) is 4.61. The zero-order chi connectivity index (χ0) is 10.6. The van der Waals surface area contributed by atoms with Crippen molar-refractivity contribution in [3.63, 3.8) is 0 Å². The molecule has 0 aromatic heterocycles. The van der Waals surface area contributed by atoms with E-state index in [-0.39, 0.29) is 0 Å². The number of nitrogens with zero attached hydrogens (tertiary/aromatic N) is 1. The first kappa shape index (κ1) is 11.7. The molecule has 14 heavy (non-hydrogen) atoms. The Morgan fingerprint density at radius 1 is 1.43 bits per heavy atom. The van der Waals surface area contributed by atoms with Crippen molar-refractivity contribution in [3.8, 4) is 0 Å². The molecule has 1 atom stereocenters. The maximum absolute atomic E-state index is 3.81. The van der Waals surface area contributed by atoms with Crippen LogP contribution in [0.1, 0.15) is 33.6 Å². The fraction of sp³-hybridized carbons (Fsp3) is 0.833. The Labute approximate surface area is 88.4 Å². The maximum atomic E-state index is 3.81. The van der Waals surface area contributed by atoms with Crippen molar-refractivity contribution in [2.45, 2.75) is 51.7 Å². The fourth-order valence-electron chi connectivity index (χ4n) is 1.79. The van der Waals surface area contributed by atoms with Crippen molar-refractivity contribution in [3.05, 3.63) is 12.7 Å². The molecule has 82 valence electrons. The van der Waals surface area contributed by atoms with E-state index in [1.54, 1.807) is 0 Å². The molecule has 1 N–H and O–H groups in total. The highest BCUT2D eigenvalue weighted by Crippen LogP contribution is 2.18. The third kappa shape index (κ3) is 3.81. The Morgan fingerprint density at radius 2 is 2.07 bits per heavy atom. The van der Waals surface area contributed by atoms with Gasteiger partial charge in [0.25, 0.3) is 0 Å². The highest BCUT2D eigenvalue weighted by atomic mass is 15.2. The standard InChI is InChI=1S/C12H24N2/c1-5-8-14(10(2)3)11(4)9-13-12-6-7-12/h5,10-13H,1,6-9H2,2-4H3. The van der Waals surface area contributed by atoms with Gasteiger partial charge in [-0.25, -0.2) is 0 Å². The van der Waals surface area contributed by atoms with Gasteiger partial charge in [-0.2, -0.15) is 0 Å². The van der Waals surface area contributed by atoms with E-state index in [2.05, 4.69) is 37.6 Å². The Hall–Kier alpha value is -0.340. The molecule has 0 heterocycles. The van der Waals surface area contributed by atoms with E-state index in [4.69, 9.17) is 0 Å². The molecule has 0 saturated heterocycles. The van der Waals surface area contributed by atoms with Gasteiger partial charge in [0.15, 0.2) is 0 Å². The third-order valence-electron chi connectivity index (χ3n) is 2.85. The number of hydrogen-bond acceptors (Lipinski definition) is 2. The minimum atomic E-state index is 0.601. The predicted octanol–water partition coefficient (Wildman–Crippen LogP) is 2.02. The molecule has 0 bridgehead atoms. The molecule has 1 rings (SSSR count). The van der Waals surface area contributed by atoms with Gasteiger partial charge >= 0.3 is 0 Å². The monoisotopic (exact) mass is 196 g/mol. The molecule has 1 unspecified atom stereocenters. The Bertz CT molecular complexity index is 173. The van der Waals surface area contributed by atoms with Crippen LogP contribution in [0, 0.1) is 0 Å². The van der Waals surface area contributed by atoms with Crippen LogP contribution in [0.5, 0.6) is 0 Å². The van der Waals surface area contributed by atoms with Crippen LogP contribution in [0.2, 0.25) is 0 Å². The lowest BCUT2D eigenvalue weighted by atomic mass is 10.2. The summed E-state index contributed by atoms with van der Waals surface area (Å²) >= 11 is 0. The van der Waals surface area contributed by atoms with E-state index in [1.165, 1.54) is 12.8 Å². The van der Waals surface area contributed by atoms with Crippen LogP contribution < -0.4 is 5.32 Å². The first-order valence-corrected chi connectivity index (χ1v) is 5.75. The molecule has 1 aliphatic rings. The Kier molecular flexibility index (Phi) is 4.63. The fourth-order valence-corrected chi connectivity index (χ4v) is 1.79. The normalized spacial score (nSPS) is 18.9. The SMILES string of the molecule is C=CCN(C(C)C)C(C)CNC1CC1. The topological polar surface area (TPSA) is 15.3 Å². The van der Waals surface area contributed by atoms with E-state index in [9.17, 15) is 0 Å². The van der Waals surface area contributed by atoms with E-state index in [0.717, 1.165) is 19.1 Å². The highest BCUT2D eigenvalue weighted by molar-refractivity contribution is 4.85. The van der Waals surface area contributed by atoms with Crippen LogP contribution in [0.3, 0.4) is 0 Å². The lowest BCUT2D eigenvalue weighted by Crippen LogP contribution is -2.44. The molecule has 2 nitrogen and oxygen atoms in total. The van der Waals surface area contributed by atoms with Gasteiger partial charge in [-0.1, -0.05) is 6.08 Å². The van der Waals surface area contributed by atoms with Gasteiger partial charge < -0.3 is 5.32 Å². The molecule has 0 aromatic rings. The first-order chi connectivity index (χ1) is 6.65. The lowest BCUT2D eigenvalue weighted by molar-refractivity contribution is 0.180. The smallest absolute Gasteiger partial charge is 0.0198 e. The molecule has 0 aromatic carbocycles. The summed E-state index contributed by atoms with van der Waals surface area (Å²) in [5, 5.41) is 3.57. The summed E-state index contributed by atoms with van der Waals surface area (Å²) in [6, 6.07) is 2.02. The molecular weight excluding hydrogens is 172 g/mol. The number of nitrogens with one attached hydrogen (secondary N) is 1. The predicted molar refractivity (Wildman–Crippen MR) is 62.5 cm³/mol. The van der Waals surface area contributed by atoms with E-state index < -0.39 is 0 Å². The average molecular weight is 196 g/mol. The largest absolute Gasteiger partial charge is 0.312 e. The van der Waals surface area contributed by atoms with Gasteiger partial charge in [0.05, 0.1) is 0 Å². The summed E-state index contributed by atoms with van der Waals surface area (Å²) < 4.78 is 0. The zero-order valence-electron chi connectivity index (χ0n) is 9.79. The number of rotatable bonds is 7. The Balaban J connectivity index is 2.27. The zero-order valence-corrected chi connectivity index (χ0v) is 9.79. The van der Waals surface area contributed by atoms with Crippen molar-refractivity contribution in [1.29, 1.82) is 0 Å². The lowest BCUT2D eigenvalue weighted by Gasteiger charge is -2.31. The van der Waals surface area contributed by atoms with E-state index in [0.29, 0.717) is 12.1 Å². The van der Waals surface area contributed by atoms with Crippen LogP contribution in [-0.4, -0.2) is 36.1 Å². The summed E-state index contributed by atoms with van der Waals surface area (Å²) in [5.74, 6) is 0. The van der Waals surface area contributed by atoms with Crippen molar-refractivity contribution >= 4 is 0 Å². The summed E-state index contributed by atoms with van der Waals surface area (Å²) in [6.07, 6.45) is 4.74. The van der Waals surface area contributed by atoms with Gasteiger partial charge in [-0.3, -0.25) is 4.90 Å². The van der Waals surface area contributed by atoms with E-state index >= 15 is 0 Å². The number of hydrogen-bond donors (Lipinski definition) is 1. The van der Waals surface area contributed by atoms with Gasteiger partial charge in [-0.15, -0.1) is 6.58 Å². The Morgan fingerprint density at radius 3 is 2.50 bits per heavy atom. The second-order valence-corrected chi connectivity index (χ2v) is 4.61. The van der Waals surface area contributed by atoms with E-state index in [1.807, 2.05) is 6.08 Å². The van der Waals surface area contributed by atoms with Crippen molar-refractivity contribution in [2.24, 2.45) is 0 Å². The maximum Gasteiger partial charge on any atom is 0.0198 e. The summed E-state index contributed by atoms with van der Waals surface area (Å²) in [7, 11) is 0. The van der Waals surface area contributed by atoms with Crippen LogP contribution in [0.4, 0.5) is 0 Å². The van der Waals surface area contributed by atoms with Crippen molar-refractivity contribution < 1.29 is 0 Å². The first-order valence-electron chi connectivity index (χ1n) is 5.75. The van der Waals surface area contributed by atoms with Crippen molar-refractivity contribution in [2.75, 3.05) is 13.1 Å². The van der Waals surface area contributed by atoms with Crippen LogP contribution >= 0.6 is 0 Å². The van der Waals surface area contributed by atoms with Crippen LogP contribution in [0.25, 0.3) is 0 Å². The van der Waals surface area contributed by atoms with Gasteiger partial charge in [0, 0.05) is 31.2 Å². The van der Waals surface area contributed by atoms with Gasteiger partial charge in [-0.05, 0) is 33.6 Å². The minimum absolute atomic E-state index is 0.601. The molecule has 2 heteroatoms. The molecule has 0 amide bonds. The highest BCUT2D eigenvalue weighted by Gasteiger charge is 2.22. The quantitative estimate of drug-likeness (QED) is 0.627. The molecule has 0 spiro atoms. The van der Waals surface area contributed by atoms with Crippen LogP contribution in [-0.2, 0) is 0 Å². The van der Waals surface area contributed by atoms with Gasteiger partial charge in [0.1, 0.15) is 0 Å².